The number of halogens is 1. The van der Waals surface area contributed by atoms with Gasteiger partial charge in [-0.3, -0.25) is 0 Å². The normalized spacial score (nSPS) is 8.73. The maximum atomic E-state index is 8.78. The molecule has 1 amide bonds. The molecular weight excluding hydrogens is 186 g/mol. The van der Waals surface area contributed by atoms with Gasteiger partial charge in [-0.25, -0.2) is 4.79 Å². The van der Waals surface area contributed by atoms with Gasteiger partial charge in [-0.1, -0.05) is 24.8 Å². The molecule has 0 saturated heterocycles. The number of amides is 1. The second-order valence-electron chi connectivity index (χ2n) is 1.87. The van der Waals surface area contributed by atoms with Crippen LogP contribution in [0, 0.1) is 0 Å². The fourth-order valence-electron chi connectivity index (χ4n) is 0.415. The van der Waals surface area contributed by atoms with Gasteiger partial charge in [-0.2, -0.15) is 0 Å². The molecule has 68 valence electrons. The van der Waals surface area contributed by atoms with Crippen LogP contribution in [0.4, 0.5) is 4.79 Å². The Labute approximate surface area is 75.8 Å². The molecule has 0 radical (unpaired) electrons. The van der Waals surface area contributed by atoms with Gasteiger partial charge < -0.3 is 10.8 Å². The van der Waals surface area contributed by atoms with Crippen LogP contribution in [-0.2, 0) is 0 Å². The first-order valence-electron chi connectivity index (χ1n) is 3.34. The Hall–Kier alpha value is -0.0900. The van der Waals surface area contributed by atoms with E-state index in [2.05, 4.69) is 19.6 Å². The van der Waals surface area contributed by atoms with Gasteiger partial charge in [0.25, 0.3) is 0 Å². The van der Waals surface area contributed by atoms with Crippen LogP contribution in [0.2, 0.25) is 0 Å². The highest BCUT2D eigenvalue weighted by Crippen LogP contribution is 2.20. The average Bonchev–Trinajstić information content (AvgIpc) is 1.90. The van der Waals surface area contributed by atoms with Crippen molar-refractivity contribution < 1.29 is 9.90 Å². The van der Waals surface area contributed by atoms with Crippen LogP contribution < -0.4 is 5.73 Å². The van der Waals surface area contributed by atoms with E-state index in [-0.39, 0.29) is 0 Å². The van der Waals surface area contributed by atoms with Crippen molar-refractivity contribution >= 4 is 27.8 Å². The van der Waals surface area contributed by atoms with Crippen molar-refractivity contribution in [1.82, 2.24) is 0 Å². The lowest BCUT2D eigenvalue weighted by atomic mass is 10.3. The van der Waals surface area contributed by atoms with Gasteiger partial charge >= 0.3 is 6.09 Å². The number of nitrogens with two attached hydrogens (primary N) is 1. The number of hydrogen-bond acceptors (Lipinski definition) is 2. The van der Waals surface area contributed by atoms with Crippen molar-refractivity contribution in [1.29, 1.82) is 0 Å². The number of rotatable bonds is 3. The first-order valence-corrected chi connectivity index (χ1v) is 5.04. The molecule has 0 rings (SSSR count). The summed E-state index contributed by atoms with van der Waals surface area (Å²) in [6, 6.07) is 0. The van der Waals surface area contributed by atoms with Crippen molar-refractivity contribution in [3.8, 4) is 0 Å². The fraction of sp³-hybridized carbons (Fsp3) is 0.833. The van der Waals surface area contributed by atoms with E-state index < -0.39 is 6.09 Å². The molecule has 5 heteroatoms. The zero-order valence-electron chi connectivity index (χ0n) is 6.71. The largest absolute Gasteiger partial charge is 0.465 e. The van der Waals surface area contributed by atoms with E-state index in [1.807, 2.05) is 0 Å². The smallest absolute Gasteiger partial charge is 0.402 e. The Kier molecular flexibility index (Phi) is 12.2. The molecule has 0 aromatic rings. The Morgan fingerprint density at radius 1 is 1.64 bits per heavy atom. The summed E-state index contributed by atoms with van der Waals surface area (Å²) >= 11 is 0. The number of hydrogen-bond donors (Lipinski definition) is 2. The first kappa shape index (κ1) is 13.5. The molecule has 0 aromatic heterocycles. The number of carbonyl (C=O) groups is 1. The van der Waals surface area contributed by atoms with Crippen LogP contribution in [0.15, 0.2) is 0 Å². The molecule has 0 aliphatic carbocycles. The highest BCUT2D eigenvalue weighted by Gasteiger charge is 1.98. The molecule has 0 spiro atoms. The summed E-state index contributed by atoms with van der Waals surface area (Å²) in [7, 11) is 6.93. The maximum Gasteiger partial charge on any atom is 0.402 e. The van der Waals surface area contributed by atoms with Crippen molar-refractivity contribution in [3.05, 3.63) is 0 Å². The molecule has 11 heavy (non-hydrogen) atoms. The predicted octanol–water partition coefficient (Wildman–Crippen LogP) is 2.69. The lowest BCUT2D eigenvalue weighted by molar-refractivity contribution is 0.205. The minimum atomic E-state index is -1.33. The first-order chi connectivity index (χ1) is 5.08. The molecule has 0 unspecified atom stereocenters. The van der Waals surface area contributed by atoms with Gasteiger partial charge in [-0.05, 0) is 23.5 Å². The zero-order chi connectivity index (χ0) is 9.28. The molecule has 0 bridgehead atoms. The Bertz CT molecular complexity index is 89.1. The zero-order valence-corrected chi connectivity index (χ0v) is 8.28. The van der Waals surface area contributed by atoms with E-state index in [0.717, 1.165) is 0 Å². The third-order valence-electron chi connectivity index (χ3n) is 1.04. The third kappa shape index (κ3) is 17.8. The highest BCUT2D eigenvalue weighted by atomic mass is 35.7. The van der Waals surface area contributed by atoms with Crippen LogP contribution in [-0.4, -0.2) is 16.4 Å². The third-order valence-corrected chi connectivity index (χ3v) is 2.71. The maximum absolute atomic E-state index is 8.78. The monoisotopic (exact) mass is 199 g/mol. The summed E-state index contributed by atoms with van der Waals surface area (Å²) in [6.45, 7) is 4.31. The Morgan fingerprint density at radius 3 is 1.91 bits per heavy atom. The summed E-state index contributed by atoms with van der Waals surface area (Å²) in [5, 5.41) is 7.86. The molecule has 3 N–H and O–H groups in total. The number of carboxylic acid groups (broad SMARTS) is 1. The van der Waals surface area contributed by atoms with Crippen LogP contribution >= 0.6 is 21.7 Å². The molecule has 0 aliphatic heterocycles. The number of primary amides is 1. The SMILES string of the molecule is CCC(CC)SCl.NC(=O)O. The van der Waals surface area contributed by atoms with Gasteiger partial charge in [0.2, 0.25) is 0 Å². The van der Waals surface area contributed by atoms with Gasteiger partial charge in [-0.15, -0.1) is 0 Å². The van der Waals surface area contributed by atoms with E-state index in [1.165, 1.54) is 23.8 Å². The average molecular weight is 200 g/mol. The van der Waals surface area contributed by atoms with E-state index in [0.29, 0.717) is 5.25 Å². The van der Waals surface area contributed by atoms with Crippen LogP contribution in [0.25, 0.3) is 0 Å². The minimum Gasteiger partial charge on any atom is -0.465 e. The van der Waals surface area contributed by atoms with E-state index in [4.69, 9.17) is 20.6 Å². The van der Waals surface area contributed by atoms with Crippen molar-refractivity contribution in [2.75, 3.05) is 0 Å². The molecule has 0 heterocycles. The topological polar surface area (TPSA) is 63.3 Å². The Balaban J connectivity index is 0. The summed E-state index contributed by atoms with van der Waals surface area (Å²) < 4.78 is 0. The van der Waals surface area contributed by atoms with Crippen molar-refractivity contribution in [2.24, 2.45) is 5.73 Å². The van der Waals surface area contributed by atoms with E-state index in [1.54, 1.807) is 0 Å². The minimum absolute atomic E-state index is 0.668. The lowest BCUT2D eigenvalue weighted by Gasteiger charge is -2.02. The summed E-state index contributed by atoms with van der Waals surface area (Å²) in [5.41, 5.74) is 4.03. The van der Waals surface area contributed by atoms with Crippen LogP contribution in [0.3, 0.4) is 0 Å². The van der Waals surface area contributed by atoms with Gasteiger partial charge in [0.15, 0.2) is 0 Å². The van der Waals surface area contributed by atoms with Crippen LogP contribution in [0.1, 0.15) is 26.7 Å². The van der Waals surface area contributed by atoms with Gasteiger partial charge in [0.1, 0.15) is 0 Å². The van der Waals surface area contributed by atoms with Crippen molar-refractivity contribution in [3.63, 3.8) is 0 Å². The fourth-order valence-corrected chi connectivity index (χ4v) is 1.42. The lowest BCUT2D eigenvalue weighted by Crippen LogP contribution is -2.03. The standard InChI is InChI=1S/C5H11ClS.CH3NO2/c1-3-5(4-2)7-6;2-1(3)4/h5H,3-4H2,1-2H3;2H2,(H,3,4). The molecule has 0 aromatic carbocycles. The summed E-state index contributed by atoms with van der Waals surface area (Å²) in [6.07, 6.45) is 1.04. The van der Waals surface area contributed by atoms with Gasteiger partial charge in [0.05, 0.1) is 0 Å². The second kappa shape index (κ2) is 9.91. The summed E-state index contributed by atoms with van der Waals surface area (Å²) in [5.74, 6) is 0. The molecule has 0 atom stereocenters. The highest BCUT2D eigenvalue weighted by molar-refractivity contribution is 8.21. The second-order valence-corrected chi connectivity index (χ2v) is 3.25. The Morgan fingerprint density at radius 2 is 1.91 bits per heavy atom. The molecule has 0 aliphatic rings. The summed E-state index contributed by atoms with van der Waals surface area (Å²) in [4.78, 5) is 8.78. The van der Waals surface area contributed by atoms with E-state index >= 15 is 0 Å². The van der Waals surface area contributed by atoms with Crippen molar-refractivity contribution in [2.45, 2.75) is 31.9 Å². The predicted molar refractivity (Wildman–Crippen MR) is 50.0 cm³/mol. The quantitative estimate of drug-likeness (QED) is 0.735. The van der Waals surface area contributed by atoms with Gasteiger partial charge in [0, 0.05) is 5.25 Å². The molecule has 0 fully saturated rings. The molecular formula is C6H14ClNO2S. The van der Waals surface area contributed by atoms with Crippen LogP contribution in [0.5, 0.6) is 0 Å². The molecule has 3 nitrogen and oxygen atoms in total. The molecule has 0 saturated carbocycles. The van der Waals surface area contributed by atoms with E-state index in [9.17, 15) is 0 Å².